The first-order chi connectivity index (χ1) is 11.3. The minimum Gasteiger partial charge on any atom is -0.433 e. The highest BCUT2D eigenvalue weighted by atomic mass is 19.3. The van der Waals surface area contributed by atoms with Crippen LogP contribution in [0.2, 0.25) is 0 Å². The van der Waals surface area contributed by atoms with E-state index in [1.807, 2.05) is 26.8 Å². The summed E-state index contributed by atoms with van der Waals surface area (Å²) < 4.78 is 29.5. The molecule has 0 aliphatic rings. The normalized spacial score (nSPS) is 10.8. The first-order valence-electron chi connectivity index (χ1n) is 7.69. The van der Waals surface area contributed by atoms with E-state index >= 15 is 0 Å². The van der Waals surface area contributed by atoms with Gasteiger partial charge in [-0.2, -0.15) is 8.78 Å². The Labute approximate surface area is 140 Å². The number of hydrogen-bond acceptors (Lipinski definition) is 3. The van der Waals surface area contributed by atoms with Crippen LogP contribution in [-0.2, 0) is 6.54 Å². The van der Waals surface area contributed by atoms with Gasteiger partial charge >= 0.3 is 6.61 Å². The van der Waals surface area contributed by atoms with Crippen LogP contribution in [0.15, 0.2) is 30.3 Å². The van der Waals surface area contributed by atoms with Crippen molar-refractivity contribution in [3.05, 3.63) is 58.1 Å². The third kappa shape index (κ3) is 3.91. The van der Waals surface area contributed by atoms with Gasteiger partial charge in [0.25, 0.3) is 0 Å². The van der Waals surface area contributed by atoms with Crippen LogP contribution in [0.5, 0.6) is 5.75 Å². The van der Waals surface area contributed by atoms with Gasteiger partial charge in [0.05, 0.1) is 5.69 Å². The number of rotatable bonds is 6. The average Bonchev–Trinajstić information content (AvgIpc) is 2.47. The molecule has 0 atom stereocenters. The molecule has 0 fully saturated rings. The maximum Gasteiger partial charge on any atom is 0.387 e. The molecule has 0 saturated heterocycles. The minimum atomic E-state index is -2.87. The van der Waals surface area contributed by atoms with Crippen molar-refractivity contribution in [3.8, 4) is 5.75 Å². The van der Waals surface area contributed by atoms with Crippen LogP contribution >= 0.6 is 0 Å². The van der Waals surface area contributed by atoms with Crippen molar-refractivity contribution in [1.82, 2.24) is 0 Å². The monoisotopic (exact) mass is 333 g/mol. The zero-order valence-electron chi connectivity index (χ0n) is 14.2. The summed E-state index contributed by atoms with van der Waals surface area (Å²) in [6.45, 7) is 4.90. The number of ketones is 1. The smallest absolute Gasteiger partial charge is 0.387 e. The molecular formula is C19H21F2NO2. The molecule has 0 saturated carbocycles. The molecule has 1 N–H and O–H groups in total. The molecule has 2 aromatic carbocycles. The third-order valence-electron chi connectivity index (χ3n) is 4.04. The number of carbonyl (C=O) groups is 1. The molecule has 0 aliphatic carbocycles. The summed E-state index contributed by atoms with van der Waals surface area (Å²) >= 11 is 0. The lowest BCUT2D eigenvalue weighted by atomic mass is 9.91. The number of ether oxygens (including phenoxy) is 1. The number of hydrogen-bond donors (Lipinski definition) is 1. The number of benzene rings is 2. The van der Waals surface area contributed by atoms with Gasteiger partial charge in [0.1, 0.15) is 5.75 Å². The van der Waals surface area contributed by atoms with Gasteiger partial charge in [0.2, 0.25) is 0 Å². The van der Waals surface area contributed by atoms with E-state index in [2.05, 4.69) is 10.1 Å². The fourth-order valence-corrected chi connectivity index (χ4v) is 3.04. The molecule has 5 heteroatoms. The quantitative estimate of drug-likeness (QED) is 0.754. The lowest BCUT2D eigenvalue weighted by Crippen LogP contribution is -2.11. The highest BCUT2D eigenvalue weighted by Crippen LogP contribution is 2.28. The number of halogens is 2. The van der Waals surface area contributed by atoms with E-state index in [-0.39, 0.29) is 11.5 Å². The summed E-state index contributed by atoms with van der Waals surface area (Å²) in [4.78, 5) is 11.9. The predicted octanol–water partition coefficient (Wildman–Crippen LogP) is 5.03. The minimum absolute atomic E-state index is 0.0210. The van der Waals surface area contributed by atoms with Crippen molar-refractivity contribution in [3.63, 3.8) is 0 Å². The van der Waals surface area contributed by atoms with Crippen LogP contribution in [0.1, 0.15) is 39.5 Å². The summed E-state index contributed by atoms with van der Waals surface area (Å²) in [5, 5.41) is 3.13. The second-order valence-corrected chi connectivity index (χ2v) is 5.77. The molecule has 0 unspecified atom stereocenters. The Morgan fingerprint density at radius 2 is 1.83 bits per heavy atom. The Kier molecular flexibility index (Phi) is 5.54. The lowest BCUT2D eigenvalue weighted by Gasteiger charge is -2.18. The van der Waals surface area contributed by atoms with Crippen LogP contribution in [0, 0.1) is 20.8 Å². The van der Waals surface area contributed by atoms with Crippen molar-refractivity contribution in [2.45, 2.75) is 40.9 Å². The molecule has 0 amide bonds. The largest absolute Gasteiger partial charge is 0.433 e. The molecule has 0 spiro atoms. The van der Waals surface area contributed by atoms with Crippen molar-refractivity contribution in [1.29, 1.82) is 0 Å². The van der Waals surface area contributed by atoms with Gasteiger partial charge in [-0.15, -0.1) is 0 Å². The van der Waals surface area contributed by atoms with Crippen molar-refractivity contribution in [2.75, 3.05) is 5.32 Å². The van der Waals surface area contributed by atoms with E-state index in [1.54, 1.807) is 25.1 Å². The van der Waals surface area contributed by atoms with Crippen molar-refractivity contribution < 1.29 is 18.3 Å². The SMILES string of the molecule is CC(=O)c1c(C)cc(C)c(CNc2ccccc2OC(F)F)c1C. The van der Waals surface area contributed by atoms with Gasteiger partial charge in [-0.05, 0) is 62.1 Å². The molecule has 128 valence electrons. The van der Waals surface area contributed by atoms with E-state index in [1.165, 1.54) is 6.07 Å². The summed E-state index contributed by atoms with van der Waals surface area (Å²) in [7, 11) is 0. The van der Waals surface area contributed by atoms with Crippen LogP contribution < -0.4 is 10.1 Å². The van der Waals surface area contributed by atoms with Gasteiger partial charge < -0.3 is 10.1 Å². The maximum atomic E-state index is 12.5. The van der Waals surface area contributed by atoms with Gasteiger partial charge in [-0.1, -0.05) is 18.2 Å². The number of aryl methyl sites for hydroxylation is 2. The topological polar surface area (TPSA) is 38.3 Å². The van der Waals surface area contributed by atoms with Gasteiger partial charge in [-0.3, -0.25) is 4.79 Å². The average molecular weight is 333 g/mol. The maximum absolute atomic E-state index is 12.5. The summed E-state index contributed by atoms with van der Waals surface area (Å²) in [6, 6.07) is 8.53. The number of para-hydroxylation sites is 2. The highest BCUT2D eigenvalue weighted by molar-refractivity contribution is 5.97. The van der Waals surface area contributed by atoms with Crippen molar-refractivity contribution in [2.24, 2.45) is 0 Å². The van der Waals surface area contributed by atoms with Crippen LogP contribution in [0.3, 0.4) is 0 Å². The second-order valence-electron chi connectivity index (χ2n) is 5.77. The predicted molar refractivity (Wildman–Crippen MR) is 91.1 cm³/mol. The molecule has 0 heterocycles. The molecule has 2 rings (SSSR count). The molecule has 3 nitrogen and oxygen atoms in total. The first-order valence-corrected chi connectivity index (χ1v) is 7.69. The Balaban J connectivity index is 2.31. The zero-order valence-corrected chi connectivity index (χ0v) is 14.2. The van der Waals surface area contributed by atoms with Crippen LogP contribution in [0.4, 0.5) is 14.5 Å². The molecule has 2 aromatic rings. The standard InChI is InChI=1S/C19H21F2NO2/c1-11-9-12(2)18(14(4)23)13(3)15(11)10-22-16-7-5-6-8-17(16)24-19(20)21/h5-9,19,22H,10H2,1-4H3. The second kappa shape index (κ2) is 7.43. The lowest BCUT2D eigenvalue weighted by molar-refractivity contribution is -0.0493. The number of alkyl halides is 2. The Morgan fingerprint density at radius 1 is 1.17 bits per heavy atom. The molecule has 0 aromatic heterocycles. The summed E-state index contributed by atoms with van der Waals surface area (Å²) in [6.07, 6.45) is 0. The molecule has 0 radical (unpaired) electrons. The third-order valence-corrected chi connectivity index (χ3v) is 4.04. The fraction of sp³-hybridized carbons (Fsp3) is 0.316. The van der Waals surface area contributed by atoms with E-state index in [4.69, 9.17) is 0 Å². The Bertz CT molecular complexity index is 757. The van der Waals surface area contributed by atoms with Crippen molar-refractivity contribution >= 4 is 11.5 Å². The Morgan fingerprint density at radius 3 is 2.46 bits per heavy atom. The van der Waals surface area contributed by atoms with E-state index in [0.717, 1.165) is 27.8 Å². The van der Waals surface area contributed by atoms with Crippen LogP contribution in [0.25, 0.3) is 0 Å². The number of Topliss-reactive ketones (excluding diaryl/α,β-unsaturated/α-hetero) is 1. The van der Waals surface area contributed by atoms with Crippen LogP contribution in [-0.4, -0.2) is 12.4 Å². The van der Waals surface area contributed by atoms with Gasteiger partial charge in [0, 0.05) is 12.1 Å². The molecule has 0 aliphatic heterocycles. The number of nitrogens with one attached hydrogen (secondary N) is 1. The zero-order chi connectivity index (χ0) is 17.9. The van der Waals surface area contributed by atoms with Gasteiger partial charge in [0.15, 0.2) is 5.78 Å². The number of carbonyl (C=O) groups excluding carboxylic acids is 1. The Hall–Kier alpha value is -2.43. The van der Waals surface area contributed by atoms with Gasteiger partial charge in [-0.25, -0.2) is 0 Å². The molecule has 0 bridgehead atoms. The number of anilines is 1. The molecule has 24 heavy (non-hydrogen) atoms. The van der Waals surface area contributed by atoms with E-state index in [0.29, 0.717) is 12.2 Å². The molecular weight excluding hydrogens is 312 g/mol. The van der Waals surface area contributed by atoms with E-state index in [9.17, 15) is 13.6 Å². The summed E-state index contributed by atoms with van der Waals surface area (Å²) in [5.41, 5.74) is 5.10. The fourth-order valence-electron chi connectivity index (χ4n) is 3.04. The highest BCUT2D eigenvalue weighted by Gasteiger charge is 2.15. The van der Waals surface area contributed by atoms with E-state index < -0.39 is 6.61 Å². The first kappa shape index (κ1) is 17.9. The summed E-state index contributed by atoms with van der Waals surface area (Å²) in [5.74, 6) is 0.120.